The number of thiazole rings is 1. The molecule has 6 nitrogen and oxygen atoms in total. The van der Waals surface area contributed by atoms with Gasteiger partial charge in [0.05, 0.1) is 11.5 Å². The summed E-state index contributed by atoms with van der Waals surface area (Å²) < 4.78 is 7.22. The molecule has 1 atom stereocenters. The van der Waals surface area contributed by atoms with Crippen LogP contribution < -0.4 is 5.32 Å². The molecule has 2 aromatic heterocycles. The second-order valence-electron chi connectivity index (χ2n) is 8.18. The number of carbonyl (C=O) groups excluding carboxylic acids is 2. The van der Waals surface area contributed by atoms with E-state index in [0.717, 1.165) is 31.9 Å². The van der Waals surface area contributed by atoms with Crippen LogP contribution in [0.15, 0.2) is 60.8 Å². The number of para-hydroxylation sites is 1. The highest BCUT2D eigenvalue weighted by atomic mass is 32.1. The van der Waals surface area contributed by atoms with E-state index in [1.807, 2.05) is 86.3 Å². The molecule has 170 valence electrons. The number of hydrogen-bond donors (Lipinski definition) is 1. The fraction of sp³-hybridized carbons (Fsp3) is 0.269. The number of nitrogens with one attached hydrogen (secondary N) is 1. The van der Waals surface area contributed by atoms with Crippen molar-refractivity contribution < 1.29 is 14.3 Å². The van der Waals surface area contributed by atoms with E-state index in [4.69, 9.17) is 9.72 Å². The molecule has 33 heavy (non-hydrogen) atoms. The number of esters is 1. The van der Waals surface area contributed by atoms with Crippen molar-refractivity contribution in [2.75, 3.05) is 6.61 Å². The first-order chi connectivity index (χ1) is 15.9. The number of nitrogens with zero attached hydrogens (tertiary/aromatic N) is 2. The molecule has 0 aliphatic carbocycles. The summed E-state index contributed by atoms with van der Waals surface area (Å²) in [5.74, 6) is -0.949. The molecule has 0 radical (unpaired) electrons. The lowest BCUT2D eigenvalue weighted by Crippen LogP contribution is -2.45. The molecule has 2 aromatic carbocycles. The third-order valence-corrected chi connectivity index (χ3v) is 6.64. The number of benzene rings is 2. The number of hydrogen-bond acceptors (Lipinski definition) is 5. The standard InChI is InChI=1S/C26H27N3O3S/c1-5-32-26(31)21(16(2)3)27-24(30)22-23(33-25(28-22)17-11-7-6-8-12-17)19-15-29(4)20-14-10-9-13-18(19)20/h6-16,21H,5H2,1-4H3,(H,27,30)/t21-/m0/s1. The van der Waals surface area contributed by atoms with Gasteiger partial charge in [-0.05, 0) is 18.9 Å². The zero-order valence-electron chi connectivity index (χ0n) is 19.2. The molecule has 0 bridgehead atoms. The summed E-state index contributed by atoms with van der Waals surface area (Å²) in [6.07, 6.45) is 2.02. The molecule has 0 aliphatic rings. The van der Waals surface area contributed by atoms with Crippen LogP contribution in [0.25, 0.3) is 31.9 Å². The van der Waals surface area contributed by atoms with Crippen LogP contribution >= 0.6 is 11.3 Å². The maximum Gasteiger partial charge on any atom is 0.328 e. The maximum absolute atomic E-state index is 13.5. The largest absolute Gasteiger partial charge is 0.464 e. The lowest BCUT2D eigenvalue weighted by molar-refractivity contribution is -0.146. The molecule has 0 saturated heterocycles. The molecule has 0 fully saturated rings. The summed E-state index contributed by atoms with van der Waals surface area (Å²) in [5, 5.41) is 4.67. The minimum atomic E-state index is -0.750. The van der Waals surface area contributed by atoms with Crippen molar-refractivity contribution >= 4 is 34.1 Å². The summed E-state index contributed by atoms with van der Waals surface area (Å²) in [6.45, 7) is 5.77. The molecule has 0 saturated carbocycles. The van der Waals surface area contributed by atoms with E-state index in [9.17, 15) is 9.59 Å². The van der Waals surface area contributed by atoms with Gasteiger partial charge in [-0.15, -0.1) is 11.3 Å². The predicted octanol–water partition coefficient (Wildman–Crippen LogP) is 5.29. The Kier molecular flexibility index (Phi) is 6.60. The topological polar surface area (TPSA) is 73.2 Å². The predicted molar refractivity (Wildman–Crippen MR) is 132 cm³/mol. The van der Waals surface area contributed by atoms with E-state index in [1.54, 1.807) is 6.92 Å². The third kappa shape index (κ3) is 4.54. The van der Waals surface area contributed by atoms with Crippen molar-refractivity contribution in [3.63, 3.8) is 0 Å². The number of ether oxygens (including phenoxy) is 1. The molecule has 4 rings (SSSR count). The Hall–Kier alpha value is -3.45. The van der Waals surface area contributed by atoms with Gasteiger partial charge in [0.15, 0.2) is 0 Å². The molecule has 4 aromatic rings. The highest BCUT2D eigenvalue weighted by Gasteiger charge is 2.29. The second-order valence-corrected chi connectivity index (χ2v) is 9.18. The molecular weight excluding hydrogens is 434 g/mol. The zero-order valence-corrected chi connectivity index (χ0v) is 20.0. The first kappa shape index (κ1) is 22.7. The van der Waals surface area contributed by atoms with E-state index in [-0.39, 0.29) is 18.4 Å². The number of fused-ring (bicyclic) bond motifs is 1. The van der Waals surface area contributed by atoms with Crippen LogP contribution in [0.4, 0.5) is 0 Å². The van der Waals surface area contributed by atoms with Crippen molar-refractivity contribution in [2.24, 2.45) is 13.0 Å². The molecule has 0 spiro atoms. The minimum Gasteiger partial charge on any atom is -0.464 e. The van der Waals surface area contributed by atoms with Gasteiger partial charge in [0.2, 0.25) is 0 Å². The van der Waals surface area contributed by atoms with Gasteiger partial charge in [-0.3, -0.25) is 4.79 Å². The van der Waals surface area contributed by atoms with E-state index < -0.39 is 12.0 Å². The summed E-state index contributed by atoms with van der Waals surface area (Å²) in [5.41, 5.74) is 3.26. The van der Waals surface area contributed by atoms with Gasteiger partial charge < -0.3 is 14.6 Å². The lowest BCUT2D eigenvalue weighted by atomic mass is 10.0. The summed E-state index contributed by atoms with van der Waals surface area (Å²) in [4.78, 5) is 31.4. The van der Waals surface area contributed by atoms with Gasteiger partial charge in [0, 0.05) is 35.3 Å². The first-order valence-electron chi connectivity index (χ1n) is 11.0. The lowest BCUT2D eigenvalue weighted by Gasteiger charge is -2.20. The molecule has 1 amide bonds. The Balaban J connectivity index is 1.82. The number of rotatable bonds is 7. The molecule has 7 heteroatoms. The highest BCUT2D eigenvalue weighted by Crippen LogP contribution is 2.39. The molecule has 0 aliphatic heterocycles. The normalized spacial score (nSPS) is 12.2. The van der Waals surface area contributed by atoms with E-state index in [0.29, 0.717) is 5.69 Å². The van der Waals surface area contributed by atoms with Gasteiger partial charge in [-0.25, -0.2) is 9.78 Å². The SMILES string of the molecule is CCOC(=O)[C@@H](NC(=O)c1nc(-c2ccccc2)sc1-c1cn(C)c2ccccc12)C(C)C. The minimum absolute atomic E-state index is 0.124. The highest BCUT2D eigenvalue weighted by molar-refractivity contribution is 7.18. The average Bonchev–Trinajstić information content (AvgIpc) is 3.40. The first-order valence-corrected chi connectivity index (χ1v) is 11.8. The Morgan fingerprint density at radius 1 is 1.09 bits per heavy atom. The number of aromatic nitrogens is 2. The van der Waals surface area contributed by atoms with Crippen LogP contribution in [0.5, 0.6) is 0 Å². The van der Waals surface area contributed by atoms with Crippen LogP contribution in [0, 0.1) is 5.92 Å². The van der Waals surface area contributed by atoms with Crippen LogP contribution in [-0.2, 0) is 16.6 Å². The van der Waals surface area contributed by atoms with Crippen molar-refractivity contribution in [3.05, 3.63) is 66.5 Å². The Labute approximate surface area is 197 Å². The molecule has 0 unspecified atom stereocenters. The number of aryl methyl sites for hydroxylation is 1. The Morgan fingerprint density at radius 2 is 1.79 bits per heavy atom. The van der Waals surface area contributed by atoms with Crippen LogP contribution in [0.2, 0.25) is 0 Å². The van der Waals surface area contributed by atoms with E-state index in [1.165, 1.54) is 11.3 Å². The van der Waals surface area contributed by atoms with Gasteiger partial charge in [-0.2, -0.15) is 0 Å². The monoisotopic (exact) mass is 461 g/mol. The fourth-order valence-electron chi connectivity index (χ4n) is 3.82. The van der Waals surface area contributed by atoms with Crippen LogP contribution in [-0.4, -0.2) is 34.1 Å². The molecule has 2 heterocycles. The average molecular weight is 462 g/mol. The fourth-order valence-corrected chi connectivity index (χ4v) is 4.91. The third-order valence-electron chi connectivity index (χ3n) is 5.50. The number of carbonyl (C=O) groups is 2. The quantitative estimate of drug-likeness (QED) is 0.380. The van der Waals surface area contributed by atoms with Gasteiger partial charge in [-0.1, -0.05) is 62.4 Å². The summed E-state index contributed by atoms with van der Waals surface area (Å²) in [7, 11) is 1.99. The maximum atomic E-state index is 13.5. The van der Waals surface area contributed by atoms with Crippen LogP contribution in [0.1, 0.15) is 31.3 Å². The van der Waals surface area contributed by atoms with Crippen LogP contribution in [0.3, 0.4) is 0 Å². The molecular formula is C26H27N3O3S. The Bertz CT molecular complexity index is 1290. The van der Waals surface area contributed by atoms with E-state index in [2.05, 4.69) is 5.32 Å². The summed E-state index contributed by atoms with van der Waals surface area (Å²) in [6, 6.07) is 17.1. The van der Waals surface area contributed by atoms with E-state index >= 15 is 0 Å². The smallest absolute Gasteiger partial charge is 0.328 e. The van der Waals surface area contributed by atoms with Gasteiger partial charge >= 0.3 is 5.97 Å². The zero-order chi connectivity index (χ0) is 23.5. The van der Waals surface area contributed by atoms with Gasteiger partial charge in [0.25, 0.3) is 5.91 Å². The van der Waals surface area contributed by atoms with Crippen molar-refractivity contribution in [3.8, 4) is 21.0 Å². The van der Waals surface area contributed by atoms with Gasteiger partial charge in [0.1, 0.15) is 16.7 Å². The van der Waals surface area contributed by atoms with Crippen molar-refractivity contribution in [1.82, 2.24) is 14.9 Å². The Morgan fingerprint density at radius 3 is 2.48 bits per heavy atom. The van der Waals surface area contributed by atoms with Crippen molar-refractivity contribution in [2.45, 2.75) is 26.8 Å². The number of amides is 1. The summed E-state index contributed by atoms with van der Waals surface area (Å²) >= 11 is 1.47. The van der Waals surface area contributed by atoms with Crippen molar-refractivity contribution in [1.29, 1.82) is 0 Å². The second kappa shape index (κ2) is 9.58. The molecule has 1 N–H and O–H groups in total.